The second-order valence-electron chi connectivity index (χ2n) is 4.25. The highest BCUT2D eigenvalue weighted by molar-refractivity contribution is 5.30. The van der Waals surface area contributed by atoms with Crippen LogP contribution in [-0.4, -0.2) is 33.3 Å². The monoisotopic (exact) mass is 291 g/mol. The van der Waals surface area contributed by atoms with E-state index in [1.54, 1.807) is 12.1 Å². The molecule has 1 N–H and O–H groups in total. The Morgan fingerprint density at radius 1 is 1.30 bits per heavy atom. The summed E-state index contributed by atoms with van der Waals surface area (Å²) in [6.45, 7) is 2.09. The molecular weight excluding hydrogens is 271 g/mol. The first-order chi connectivity index (χ1) is 9.58. The minimum atomic E-state index is -2.48. The molecule has 0 aliphatic rings. The number of rotatable bonds is 9. The van der Waals surface area contributed by atoms with Crippen LogP contribution < -0.4 is 10.1 Å². The fourth-order valence-electron chi connectivity index (χ4n) is 1.90. The average molecular weight is 291 g/mol. The number of benzene rings is 1. The molecular formula is C14H20F3NO2. The van der Waals surface area contributed by atoms with Gasteiger partial charge in [0, 0.05) is 24.3 Å². The highest BCUT2D eigenvalue weighted by atomic mass is 19.3. The number of hydrogen-bond donors (Lipinski definition) is 1. The molecule has 0 aliphatic heterocycles. The summed E-state index contributed by atoms with van der Waals surface area (Å²) in [5.74, 6) is 0.0552. The summed E-state index contributed by atoms with van der Waals surface area (Å²) >= 11 is 0. The first kappa shape index (κ1) is 16.8. The van der Waals surface area contributed by atoms with Crippen LogP contribution in [0.4, 0.5) is 13.2 Å². The summed E-state index contributed by atoms with van der Waals surface area (Å²) in [7, 11) is 1.47. The molecule has 0 heterocycles. The Kier molecular flexibility index (Phi) is 7.40. The SMILES string of the molecule is CCNC(CCOCC(F)F)c1ccc(OC)cc1F. The van der Waals surface area contributed by atoms with Crippen LogP contribution in [0.3, 0.4) is 0 Å². The molecule has 0 aromatic heterocycles. The van der Waals surface area contributed by atoms with Gasteiger partial charge in [-0.05, 0) is 19.0 Å². The lowest BCUT2D eigenvalue weighted by atomic mass is 10.0. The molecule has 0 saturated carbocycles. The van der Waals surface area contributed by atoms with Crippen molar-refractivity contribution in [2.75, 3.05) is 26.9 Å². The number of halogens is 3. The fraction of sp³-hybridized carbons (Fsp3) is 0.571. The summed E-state index contributed by atoms with van der Waals surface area (Å²) in [5.41, 5.74) is 0.480. The number of ether oxygens (including phenoxy) is 2. The average Bonchev–Trinajstić information content (AvgIpc) is 2.42. The predicted octanol–water partition coefficient (Wildman–Crippen LogP) is 3.16. The molecule has 0 radical (unpaired) electrons. The lowest BCUT2D eigenvalue weighted by Gasteiger charge is -2.19. The van der Waals surface area contributed by atoms with Crippen molar-refractivity contribution < 1.29 is 22.6 Å². The van der Waals surface area contributed by atoms with Crippen molar-refractivity contribution in [2.24, 2.45) is 0 Å². The maximum atomic E-state index is 14.0. The molecule has 1 atom stereocenters. The summed E-state index contributed by atoms with van der Waals surface area (Å²) in [6.07, 6.45) is -2.06. The van der Waals surface area contributed by atoms with E-state index < -0.39 is 13.0 Å². The van der Waals surface area contributed by atoms with Crippen molar-refractivity contribution in [2.45, 2.75) is 25.8 Å². The molecule has 6 heteroatoms. The van der Waals surface area contributed by atoms with Gasteiger partial charge >= 0.3 is 0 Å². The van der Waals surface area contributed by atoms with Gasteiger partial charge in [0.05, 0.1) is 7.11 Å². The minimum Gasteiger partial charge on any atom is -0.497 e. The van der Waals surface area contributed by atoms with Gasteiger partial charge in [0.2, 0.25) is 0 Å². The summed E-state index contributed by atoms with van der Waals surface area (Å²) < 4.78 is 47.7. The van der Waals surface area contributed by atoms with Crippen LogP contribution in [0.1, 0.15) is 24.9 Å². The Balaban J connectivity index is 2.65. The maximum absolute atomic E-state index is 14.0. The number of nitrogens with one attached hydrogen (secondary N) is 1. The van der Waals surface area contributed by atoms with Crippen molar-refractivity contribution in [3.63, 3.8) is 0 Å². The van der Waals surface area contributed by atoms with Crippen LogP contribution in [0.25, 0.3) is 0 Å². The van der Waals surface area contributed by atoms with Crippen LogP contribution in [-0.2, 0) is 4.74 Å². The van der Waals surface area contributed by atoms with Crippen molar-refractivity contribution in [1.29, 1.82) is 0 Å². The third-order valence-corrected chi connectivity index (χ3v) is 2.83. The Bertz CT molecular complexity index is 402. The normalized spacial score (nSPS) is 12.7. The van der Waals surface area contributed by atoms with E-state index in [2.05, 4.69) is 5.32 Å². The second kappa shape index (κ2) is 8.81. The van der Waals surface area contributed by atoms with Gasteiger partial charge in [0.25, 0.3) is 6.43 Å². The summed E-state index contributed by atoms with van der Waals surface area (Å²) in [5, 5.41) is 3.12. The molecule has 1 aromatic rings. The zero-order valence-corrected chi connectivity index (χ0v) is 11.7. The molecule has 1 unspecified atom stereocenters. The van der Waals surface area contributed by atoms with Crippen molar-refractivity contribution in [3.8, 4) is 5.75 Å². The van der Waals surface area contributed by atoms with Crippen LogP contribution in [0, 0.1) is 5.82 Å². The van der Waals surface area contributed by atoms with Crippen LogP contribution in [0.15, 0.2) is 18.2 Å². The molecule has 0 aliphatic carbocycles. The molecule has 1 aromatic carbocycles. The molecule has 114 valence electrons. The van der Waals surface area contributed by atoms with E-state index in [0.29, 0.717) is 24.3 Å². The molecule has 0 fully saturated rings. The smallest absolute Gasteiger partial charge is 0.261 e. The summed E-state index contributed by atoms with van der Waals surface area (Å²) in [6, 6.07) is 4.33. The first-order valence-corrected chi connectivity index (χ1v) is 6.51. The third-order valence-electron chi connectivity index (χ3n) is 2.83. The largest absolute Gasteiger partial charge is 0.497 e. The van der Waals surface area contributed by atoms with E-state index in [9.17, 15) is 13.2 Å². The Morgan fingerprint density at radius 3 is 2.60 bits per heavy atom. The topological polar surface area (TPSA) is 30.5 Å². The number of alkyl halides is 2. The zero-order valence-electron chi connectivity index (χ0n) is 11.7. The maximum Gasteiger partial charge on any atom is 0.261 e. The second-order valence-corrected chi connectivity index (χ2v) is 4.25. The van der Waals surface area contributed by atoms with Gasteiger partial charge in [-0.1, -0.05) is 13.0 Å². The van der Waals surface area contributed by atoms with E-state index in [0.717, 1.165) is 0 Å². The third kappa shape index (κ3) is 5.38. The van der Waals surface area contributed by atoms with E-state index in [-0.39, 0.29) is 18.5 Å². The molecule has 0 amide bonds. The van der Waals surface area contributed by atoms with Crippen LogP contribution in [0.2, 0.25) is 0 Å². The van der Waals surface area contributed by atoms with Crippen LogP contribution >= 0.6 is 0 Å². The van der Waals surface area contributed by atoms with Gasteiger partial charge in [-0.15, -0.1) is 0 Å². The molecule has 1 rings (SSSR count). The van der Waals surface area contributed by atoms with Crippen molar-refractivity contribution in [3.05, 3.63) is 29.6 Å². The van der Waals surface area contributed by atoms with Gasteiger partial charge < -0.3 is 14.8 Å². The Morgan fingerprint density at radius 2 is 2.05 bits per heavy atom. The van der Waals surface area contributed by atoms with E-state index in [1.807, 2.05) is 6.92 Å². The van der Waals surface area contributed by atoms with E-state index >= 15 is 0 Å². The highest BCUT2D eigenvalue weighted by Gasteiger charge is 2.15. The predicted molar refractivity (Wildman–Crippen MR) is 70.8 cm³/mol. The highest BCUT2D eigenvalue weighted by Crippen LogP contribution is 2.24. The van der Waals surface area contributed by atoms with Crippen LogP contribution in [0.5, 0.6) is 5.75 Å². The number of methoxy groups -OCH3 is 1. The molecule has 3 nitrogen and oxygen atoms in total. The van der Waals surface area contributed by atoms with Crippen molar-refractivity contribution >= 4 is 0 Å². The minimum absolute atomic E-state index is 0.146. The van der Waals surface area contributed by atoms with E-state index in [4.69, 9.17) is 9.47 Å². The Labute approximate surface area is 117 Å². The molecule has 20 heavy (non-hydrogen) atoms. The summed E-state index contributed by atoms with van der Waals surface area (Å²) in [4.78, 5) is 0. The van der Waals surface area contributed by atoms with Gasteiger partial charge in [-0.2, -0.15) is 0 Å². The van der Waals surface area contributed by atoms with Gasteiger partial charge in [0.15, 0.2) is 0 Å². The zero-order chi connectivity index (χ0) is 15.0. The molecule has 0 spiro atoms. The standard InChI is InChI=1S/C14H20F3NO2/c1-3-18-13(6-7-20-9-14(16)17)11-5-4-10(19-2)8-12(11)15/h4-5,8,13-14,18H,3,6-7,9H2,1-2H3. The fourth-order valence-corrected chi connectivity index (χ4v) is 1.90. The van der Waals surface area contributed by atoms with Gasteiger partial charge in [0.1, 0.15) is 18.2 Å². The van der Waals surface area contributed by atoms with Gasteiger partial charge in [-0.25, -0.2) is 13.2 Å². The lowest BCUT2D eigenvalue weighted by Crippen LogP contribution is -2.23. The lowest BCUT2D eigenvalue weighted by molar-refractivity contribution is 0.0143. The number of hydrogen-bond acceptors (Lipinski definition) is 3. The Hall–Kier alpha value is -1.27. The van der Waals surface area contributed by atoms with E-state index in [1.165, 1.54) is 13.2 Å². The first-order valence-electron chi connectivity index (χ1n) is 6.51. The molecule has 0 bridgehead atoms. The van der Waals surface area contributed by atoms with Crippen molar-refractivity contribution in [1.82, 2.24) is 5.32 Å². The van der Waals surface area contributed by atoms with Gasteiger partial charge in [-0.3, -0.25) is 0 Å². The molecule has 0 saturated heterocycles. The quantitative estimate of drug-likeness (QED) is 0.709.